The molecule has 1 aliphatic carbocycles. The summed E-state index contributed by atoms with van der Waals surface area (Å²) in [5.74, 6) is 0.573. The molecule has 1 heterocycles. The molecule has 0 aromatic heterocycles. The van der Waals surface area contributed by atoms with Crippen LogP contribution in [0.4, 0.5) is 0 Å². The highest BCUT2D eigenvalue weighted by Gasteiger charge is 2.25. The minimum atomic E-state index is -0.834. The van der Waals surface area contributed by atoms with Crippen LogP contribution in [0, 0.1) is 5.92 Å². The van der Waals surface area contributed by atoms with Gasteiger partial charge in [0.1, 0.15) is 6.54 Å². The third-order valence-electron chi connectivity index (χ3n) is 4.57. The molecule has 0 aromatic rings. The Morgan fingerprint density at radius 3 is 2.65 bits per heavy atom. The Balaban J connectivity index is 1.83. The Morgan fingerprint density at radius 1 is 1.30 bits per heavy atom. The van der Waals surface area contributed by atoms with Crippen molar-refractivity contribution in [2.45, 2.75) is 57.4 Å². The standard InChI is InChI=1S/C16H26N2O4S/c19-14(9-18-11-23-10-15(18)20)17-13(6-7-16(21)22)8-12-4-2-1-3-5-12/h12-13H,1-11H2,(H,17,19)(H,21,22). The second-order valence-electron chi connectivity index (χ2n) is 6.51. The van der Waals surface area contributed by atoms with E-state index >= 15 is 0 Å². The molecule has 0 aromatic carbocycles. The van der Waals surface area contributed by atoms with Crippen molar-refractivity contribution < 1.29 is 19.5 Å². The van der Waals surface area contributed by atoms with E-state index in [0.29, 0.717) is 24.0 Å². The second kappa shape index (κ2) is 9.15. The predicted octanol–water partition coefficient (Wildman–Crippen LogP) is 1.84. The van der Waals surface area contributed by atoms with Crippen molar-refractivity contribution in [2.75, 3.05) is 18.2 Å². The van der Waals surface area contributed by atoms with Crippen molar-refractivity contribution in [1.29, 1.82) is 0 Å². The fourth-order valence-corrected chi connectivity index (χ4v) is 4.26. The topological polar surface area (TPSA) is 86.7 Å². The van der Waals surface area contributed by atoms with E-state index in [9.17, 15) is 14.4 Å². The number of carbonyl (C=O) groups excluding carboxylic acids is 2. The van der Waals surface area contributed by atoms with E-state index in [1.807, 2.05) is 0 Å². The van der Waals surface area contributed by atoms with Gasteiger partial charge >= 0.3 is 5.97 Å². The summed E-state index contributed by atoms with van der Waals surface area (Å²) in [5.41, 5.74) is 0. The van der Waals surface area contributed by atoms with E-state index < -0.39 is 5.97 Å². The van der Waals surface area contributed by atoms with Crippen LogP contribution in [0.15, 0.2) is 0 Å². The highest BCUT2D eigenvalue weighted by Crippen LogP contribution is 2.28. The molecule has 6 nitrogen and oxygen atoms in total. The monoisotopic (exact) mass is 342 g/mol. The Kier molecular flexibility index (Phi) is 7.20. The van der Waals surface area contributed by atoms with Crippen molar-refractivity contribution in [1.82, 2.24) is 10.2 Å². The molecular weight excluding hydrogens is 316 g/mol. The molecule has 130 valence electrons. The molecule has 0 radical (unpaired) electrons. The first-order valence-corrected chi connectivity index (χ1v) is 9.56. The molecule has 0 spiro atoms. The zero-order valence-electron chi connectivity index (χ0n) is 13.5. The van der Waals surface area contributed by atoms with E-state index in [0.717, 1.165) is 6.42 Å². The molecule has 23 heavy (non-hydrogen) atoms. The molecule has 1 unspecified atom stereocenters. The first-order valence-electron chi connectivity index (χ1n) is 8.41. The predicted molar refractivity (Wildman–Crippen MR) is 89.0 cm³/mol. The summed E-state index contributed by atoms with van der Waals surface area (Å²) in [6.07, 6.45) is 7.43. The Morgan fingerprint density at radius 2 is 2.04 bits per heavy atom. The molecule has 1 aliphatic heterocycles. The number of hydrogen-bond donors (Lipinski definition) is 2. The molecule has 1 atom stereocenters. The molecular formula is C16H26N2O4S. The lowest BCUT2D eigenvalue weighted by Crippen LogP contribution is -2.43. The van der Waals surface area contributed by atoms with Crippen LogP contribution in [-0.4, -0.2) is 52.0 Å². The summed E-state index contributed by atoms with van der Waals surface area (Å²) in [5, 5.41) is 11.9. The highest BCUT2D eigenvalue weighted by molar-refractivity contribution is 8.00. The lowest BCUT2D eigenvalue weighted by Gasteiger charge is -2.27. The molecule has 2 aliphatic rings. The summed E-state index contributed by atoms with van der Waals surface area (Å²) in [7, 11) is 0. The lowest BCUT2D eigenvalue weighted by atomic mass is 9.84. The van der Waals surface area contributed by atoms with E-state index in [-0.39, 0.29) is 30.8 Å². The normalized spacial score (nSPS) is 20.5. The summed E-state index contributed by atoms with van der Waals surface area (Å²) < 4.78 is 0. The summed E-state index contributed by atoms with van der Waals surface area (Å²) >= 11 is 1.51. The van der Waals surface area contributed by atoms with Gasteiger partial charge < -0.3 is 15.3 Å². The van der Waals surface area contributed by atoms with E-state index in [4.69, 9.17) is 5.11 Å². The van der Waals surface area contributed by atoms with Gasteiger partial charge in [-0.25, -0.2) is 0 Å². The van der Waals surface area contributed by atoms with Crippen LogP contribution in [0.2, 0.25) is 0 Å². The van der Waals surface area contributed by atoms with Crippen molar-refractivity contribution >= 4 is 29.5 Å². The van der Waals surface area contributed by atoms with Crippen LogP contribution in [0.5, 0.6) is 0 Å². The number of aliphatic carboxylic acids is 1. The van der Waals surface area contributed by atoms with Crippen LogP contribution in [0.1, 0.15) is 51.4 Å². The van der Waals surface area contributed by atoms with Gasteiger partial charge in [-0.1, -0.05) is 32.1 Å². The van der Waals surface area contributed by atoms with Gasteiger partial charge in [-0.3, -0.25) is 14.4 Å². The number of nitrogens with zero attached hydrogens (tertiary/aromatic N) is 1. The number of hydrogen-bond acceptors (Lipinski definition) is 4. The number of amides is 2. The number of carbonyl (C=O) groups is 3. The number of nitrogens with one attached hydrogen (secondary N) is 1. The van der Waals surface area contributed by atoms with Crippen LogP contribution in [0.25, 0.3) is 0 Å². The Bertz CT molecular complexity index is 438. The highest BCUT2D eigenvalue weighted by atomic mass is 32.2. The van der Waals surface area contributed by atoms with Crippen LogP contribution in [0.3, 0.4) is 0 Å². The van der Waals surface area contributed by atoms with Crippen LogP contribution in [-0.2, 0) is 14.4 Å². The maximum absolute atomic E-state index is 12.2. The summed E-state index contributed by atoms with van der Waals surface area (Å²) in [6.45, 7) is 0.0834. The third kappa shape index (κ3) is 6.41. The Hall–Kier alpha value is -1.24. The first kappa shape index (κ1) is 18.1. The van der Waals surface area contributed by atoms with Crippen molar-refractivity contribution in [3.8, 4) is 0 Å². The van der Waals surface area contributed by atoms with Gasteiger partial charge in [-0.15, -0.1) is 11.8 Å². The van der Waals surface area contributed by atoms with Gasteiger partial charge in [-0.05, 0) is 18.8 Å². The largest absolute Gasteiger partial charge is 0.481 e. The second-order valence-corrected chi connectivity index (χ2v) is 7.46. The zero-order chi connectivity index (χ0) is 16.7. The van der Waals surface area contributed by atoms with Crippen molar-refractivity contribution in [3.05, 3.63) is 0 Å². The number of carboxylic acids is 1. The first-order chi connectivity index (χ1) is 11.0. The maximum atomic E-state index is 12.2. The summed E-state index contributed by atoms with van der Waals surface area (Å²) in [6, 6.07) is -0.105. The number of carboxylic acid groups (broad SMARTS) is 1. The third-order valence-corrected chi connectivity index (χ3v) is 5.52. The van der Waals surface area contributed by atoms with Crippen molar-refractivity contribution in [2.24, 2.45) is 5.92 Å². The minimum absolute atomic E-state index is 0.000448. The van der Waals surface area contributed by atoms with Crippen molar-refractivity contribution in [3.63, 3.8) is 0 Å². The molecule has 1 saturated carbocycles. The van der Waals surface area contributed by atoms with E-state index in [1.54, 1.807) is 4.90 Å². The van der Waals surface area contributed by atoms with Crippen LogP contribution < -0.4 is 5.32 Å². The lowest BCUT2D eigenvalue weighted by molar-refractivity contribution is -0.137. The number of thioether (sulfide) groups is 1. The SMILES string of the molecule is O=C(O)CCC(CC1CCCCC1)NC(=O)CN1CSCC1=O. The fraction of sp³-hybridized carbons (Fsp3) is 0.812. The smallest absolute Gasteiger partial charge is 0.303 e. The van der Waals surface area contributed by atoms with Crippen LogP contribution >= 0.6 is 11.8 Å². The fourth-order valence-electron chi connectivity index (χ4n) is 3.36. The number of rotatable bonds is 8. The average molecular weight is 342 g/mol. The van der Waals surface area contributed by atoms with Gasteiger partial charge in [0.05, 0.1) is 11.6 Å². The summed E-state index contributed by atoms with van der Waals surface area (Å²) in [4.78, 5) is 36.1. The molecule has 1 saturated heterocycles. The molecule has 7 heteroatoms. The minimum Gasteiger partial charge on any atom is -0.481 e. The van der Waals surface area contributed by atoms with Gasteiger partial charge in [0.2, 0.25) is 11.8 Å². The van der Waals surface area contributed by atoms with E-state index in [2.05, 4.69) is 5.32 Å². The van der Waals surface area contributed by atoms with E-state index in [1.165, 1.54) is 43.9 Å². The maximum Gasteiger partial charge on any atom is 0.303 e. The Labute approximate surface area is 141 Å². The van der Waals surface area contributed by atoms with Gasteiger partial charge in [0.15, 0.2) is 0 Å². The molecule has 2 N–H and O–H groups in total. The van der Waals surface area contributed by atoms with Gasteiger partial charge in [0, 0.05) is 12.5 Å². The zero-order valence-corrected chi connectivity index (χ0v) is 14.3. The molecule has 2 amide bonds. The van der Waals surface area contributed by atoms with Gasteiger partial charge in [0.25, 0.3) is 0 Å². The average Bonchev–Trinajstić information content (AvgIpc) is 2.91. The molecule has 2 fully saturated rings. The molecule has 0 bridgehead atoms. The van der Waals surface area contributed by atoms with Gasteiger partial charge in [-0.2, -0.15) is 0 Å². The molecule has 2 rings (SSSR count). The quantitative estimate of drug-likeness (QED) is 0.703.